The zero-order chi connectivity index (χ0) is 66.7. The molecule has 0 radical (unpaired) electrons. The van der Waals surface area contributed by atoms with Crippen LogP contribution in [0, 0.1) is 0 Å². The second kappa shape index (κ2) is 65.2. The average molecular weight is 1310 g/mol. The van der Waals surface area contributed by atoms with Gasteiger partial charge in [-0.1, -0.05) is 230 Å². The fourth-order valence-electron chi connectivity index (χ4n) is 8.12. The minimum atomic E-state index is -4.95. The van der Waals surface area contributed by atoms with Gasteiger partial charge in [-0.3, -0.25) is 32.5 Å². The monoisotopic (exact) mass is 1310 g/mol. The molecule has 0 aliphatic carbocycles. The minimum absolute atomic E-state index is 0.0380. The van der Waals surface area contributed by atoms with Crippen molar-refractivity contribution in [1.82, 2.24) is 0 Å². The van der Waals surface area contributed by atoms with Crippen LogP contribution < -0.4 is 0 Å². The van der Waals surface area contributed by atoms with Crippen LogP contribution in [-0.4, -0.2) is 95.9 Å². The maximum Gasteiger partial charge on any atom is 0.472 e. The summed E-state index contributed by atoms with van der Waals surface area (Å²) in [7, 11) is -9.82. The van der Waals surface area contributed by atoms with Gasteiger partial charge in [-0.2, -0.15) is 0 Å². The number of carbonyl (C=O) groups is 3. The molecule has 0 rings (SSSR count). The third-order valence-electron chi connectivity index (χ3n) is 13.2. The van der Waals surface area contributed by atoms with Gasteiger partial charge in [0.1, 0.15) is 25.4 Å². The van der Waals surface area contributed by atoms with E-state index in [1.807, 2.05) is 18.2 Å². The summed E-state index contributed by atoms with van der Waals surface area (Å²) >= 11 is 0. The Bertz CT molecular complexity index is 2290. The van der Waals surface area contributed by atoms with Gasteiger partial charge in [-0.15, -0.1) is 0 Å². The number of aliphatic hydroxyl groups is 2. The molecule has 0 bridgehead atoms. The smallest absolute Gasteiger partial charge is 0.463 e. The van der Waals surface area contributed by atoms with Crippen molar-refractivity contribution < 1.29 is 75.8 Å². The number of hydrogen-bond donors (Lipinski definition) is 4. The van der Waals surface area contributed by atoms with Gasteiger partial charge in [-0.05, 0) is 135 Å². The van der Waals surface area contributed by atoms with E-state index in [0.717, 1.165) is 135 Å². The molecule has 18 heteroatoms. The lowest BCUT2D eigenvalue weighted by Crippen LogP contribution is -2.30. The van der Waals surface area contributed by atoms with Gasteiger partial charge in [0.2, 0.25) is 0 Å². The summed E-state index contributed by atoms with van der Waals surface area (Å²) in [4.78, 5) is 58.3. The number of carbonyl (C=O) groups excluding carboxylic acids is 3. The largest absolute Gasteiger partial charge is 0.472 e. The van der Waals surface area contributed by atoms with E-state index >= 15 is 0 Å². The highest BCUT2D eigenvalue weighted by molar-refractivity contribution is 7.47. The van der Waals surface area contributed by atoms with Gasteiger partial charge in [-0.25, -0.2) is 9.13 Å². The Balaban J connectivity index is 4.72. The molecule has 16 nitrogen and oxygen atoms in total. The van der Waals surface area contributed by atoms with Crippen LogP contribution in [0.5, 0.6) is 0 Å². The molecule has 0 saturated carbocycles. The Morgan fingerprint density at radius 3 is 1.00 bits per heavy atom. The van der Waals surface area contributed by atoms with Crippen LogP contribution in [0.4, 0.5) is 0 Å². The summed E-state index contributed by atoms with van der Waals surface area (Å²) in [5.74, 6) is -1.72. The van der Waals surface area contributed by atoms with Crippen molar-refractivity contribution in [1.29, 1.82) is 0 Å². The Hall–Kier alpha value is -4.83. The van der Waals surface area contributed by atoms with Crippen molar-refractivity contribution in [2.75, 3.05) is 39.6 Å². The summed E-state index contributed by atoms with van der Waals surface area (Å²) in [6.45, 7) is 2.25. The molecule has 0 amide bonds. The lowest BCUT2D eigenvalue weighted by Gasteiger charge is -2.21. The molecule has 516 valence electrons. The molecule has 0 saturated heterocycles. The van der Waals surface area contributed by atoms with Crippen LogP contribution in [0.2, 0.25) is 0 Å². The number of rotatable bonds is 62. The highest BCUT2D eigenvalue weighted by Gasteiger charge is 2.29. The molecule has 0 heterocycles. The Kier molecular flexibility index (Phi) is 61.8. The molecule has 5 unspecified atom stereocenters. The van der Waals surface area contributed by atoms with Crippen LogP contribution in [-0.2, 0) is 55.8 Å². The first kappa shape index (κ1) is 86.2. The van der Waals surface area contributed by atoms with Gasteiger partial charge in [0, 0.05) is 19.3 Å². The second-order valence-electron chi connectivity index (χ2n) is 21.9. The lowest BCUT2D eigenvalue weighted by molar-refractivity contribution is -0.161. The third kappa shape index (κ3) is 66.4. The Morgan fingerprint density at radius 2 is 0.604 bits per heavy atom. The number of aliphatic hydroxyl groups excluding tert-OH is 2. The van der Waals surface area contributed by atoms with Crippen molar-refractivity contribution >= 4 is 33.6 Å². The van der Waals surface area contributed by atoms with Crippen LogP contribution in [0.15, 0.2) is 158 Å². The molecule has 0 spiro atoms. The number of allylic oxidation sites excluding steroid dienone is 26. The molecule has 4 N–H and O–H groups in total. The molecule has 0 aliphatic heterocycles. The predicted molar refractivity (Wildman–Crippen MR) is 371 cm³/mol. The van der Waals surface area contributed by atoms with Crippen LogP contribution >= 0.6 is 15.6 Å². The van der Waals surface area contributed by atoms with Gasteiger partial charge in [0.25, 0.3) is 0 Å². The first-order valence-corrected chi connectivity index (χ1v) is 36.8. The second-order valence-corrected chi connectivity index (χ2v) is 24.8. The van der Waals surface area contributed by atoms with E-state index in [-0.39, 0.29) is 19.3 Å². The summed E-state index contributed by atoms with van der Waals surface area (Å²) in [6.07, 6.45) is 78.9. The molecule has 0 aromatic rings. The van der Waals surface area contributed by atoms with Gasteiger partial charge in [0.15, 0.2) is 6.10 Å². The maximum atomic E-state index is 12.9. The summed E-state index contributed by atoms with van der Waals surface area (Å²) in [6, 6.07) is 0. The molecule has 91 heavy (non-hydrogen) atoms. The van der Waals surface area contributed by atoms with Crippen molar-refractivity contribution in [2.45, 2.75) is 245 Å². The van der Waals surface area contributed by atoms with E-state index in [0.29, 0.717) is 25.7 Å². The predicted octanol–water partition coefficient (Wildman–Crippen LogP) is 18.7. The number of unbranched alkanes of at least 4 members (excludes halogenated alkanes) is 13. The molecule has 0 aliphatic rings. The van der Waals surface area contributed by atoms with Gasteiger partial charge >= 0.3 is 33.6 Å². The minimum Gasteiger partial charge on any atom is -0.463 e. The first-order valence-electron chi connectivity index (χ1n) is 33.8. The zero-order valence-electron chi connectivity index (χ0n) is 55.7. The SMILES string of the molecule is CC/C=C\C/C=C\C/C=C\C/C=C\C/C=C\C/C=C\CCCCCCC(=O)OCC(O)COP(=O)(O)OCC(O)COP(=O)(O)OCC(COC(=O)CC/C=C\C/C=C\C/C=C\C/C=C\C/C=C\C/C=C\CC)OC(=O)CCCCCCC/C=C\CCCCCC. The van der Waals surface area contributed by atoms with E-state index in [1.165, 1.54) is 25.7 Å². The Morgan fingerprint density at radius 1 is 0.319 bits per heavy atom. The van der Waals surface area contributed by atoms with Crippen LogP contribution in [0.1, 0.15) is 226 Å². The van der Waals surface area contributed by atoms with Gasteiger partial charge < -0.3 is 34.2 Å². The lowest BCUT2D eigenvalue weighted by atomic mass is 10.1. The van der Waals surface area contributed by atoms with Crippen molar-refractivity contribution in [3.63, 3.8) is 0 Å². The van der Waals surface area contributed by atoms with E-state index in [9.17, 15) is 43.5 Å². The van der Waals surface area contributed by atoms with Crippen LogP contribution in [0.3, 0.4) is 0 Å². The van der Waals surface area contributed by atoms with Crippen molar-refractivity contribution in [3.8, 4) is 0 Å². The van der Waals surface area contributed by atoms with Gasteiger partial charge in [0.05, 0.1) is 26.4 Å². The topological polar surface area (TPSA) is 231 Å². The highest BCUT2D eigenvalue weighted by Crippen LogP contribution is 2.45. The molecule has 0 aromatic carbocycles. The molecular weight excluding hydrogens is 1190 g/mol. The van der Waals surface area contributed by atoms with E-state index in [2.05, 4.69) is 161 Å². The number of phosphoric acid groups is 2. The van der Waals surface area contributed by atoms with Crippen LogP contribution in [0.25, 0.3) is 0 Å². The quantitative estimate of drug-likeness (QED) is 0.0146. The van der Waals surface area contributed by atoms with E-state index in [4.69, 9.17) is 32.3 Å². The summed E-state index contributed by atoms with van der Waals surface area (Å²) < 4.78 is 60.7. The standard InChI is InChI=1S/C73H118O16P2/c1-4-7-10-13-16-19-22-25-27-29-31-32-33-34-36-38-39-42-44-47-50-53-56-59-71(76)83-62-68(74)63-85-90(79,80)86-64-69(75)65-87-91(81,82)88-67-70(89-73(78)61-58-55-52-49-46-41-24-21-18-15-12-9-6-3)66-84-72(77)60-57-54-51-48-45-43-40-37-35-30-28-26-23-20-17-14-11-8-5-2/h7-8,10-11,16-17,19-21,24-28,31-32,34-37,39,42-43,45,51,54,68-70,74-75H,4-6,9,12-15,18,22-23,29-30,33,38,40-41,44,46-50,52-53,55-67H2,1-3H3,(H,79,80)(H,81,82)/b10-7-,11-8-,19-16-,20-17-,24-21-,27-25-,28-26-,32-31-,36-34-,37-35-,42-39-,45-43-,54-51-. The third-order valence-corrected chi connectivity index (χ3v) is 15.1. The molecular formula is C73H118O16P2. The van der Waals surface area contributed by atoms with Crippen molar-refractivity contribution in [3.05, 3.63) is 158 Å². The first-order chi connectivity index (χ1) is 44.2. The fraction of sp³-hybridized carbons (Fsp3) is 0.603. The molecule has 0 fully saturated rings. The zero-order valence-corrected chi connectivity index (χ0v) is 57.5. The van der Waals surface area contributed by atoms with Crippen molar-refractivity contribution in [2.24, 2.45) is 0 Å². The molecule has 0 aromatic heterocycles. The summed E-state index contributed by atoms with van der Waals surface area (Å²) in [5.41, 5.74) is 0. The Labute approximate surface area is 549 Å². The average Bonchev–Trinajstić information content (AvgIpc) is 3.74. The van der Waals surface area contributed by atoms with E-state index < -0.39 is 91.5 Å². The number of esters is 3. The molecule has 5 atom stereocenters. The number of ether oxygens (including phenoxy) is 3. The fourth-order valence-corrected chi connectivity index (χ4v) is 9.71. The summed E-state index contributed by atoms with van der Waals surface area (Å²) in [5, 5.41) is 20.5. The highest BCUT2D eigenvalue weighted by atomic mass is 31.2. The number of hydrogen-bond acceptors (Lipinski definition) is 14. The van der Waals surface area contributed by atoms with E-state index in [1.54, 1.807) is 0 Å². The number of phosphoric ester groups is 2. The normalized spacial score (nSPS) is 15.2. The maximum absolute atomic E-state index is 12.9.